The molecule has 0 unspecified atom stereocenters. The first-order valence-corrected chi connectivity index (χ1v) is 2.14. The van der Waals surface area contributed by atoms with E-state index in [9.17, 15) is 0 Å². The van der Waals surface area contributed by atoms with Gasteiger partial charge in [-0.1, -0.05) is 0 Å². The molecule has 0 saturated carbocycles. The summed E-state index contributed by atoms with van der Waals surface area (Å²) >= 11 is 0. The van der Waals surface area contributed by atoms with Crippen LogP contribution in [0.4, 0.5) is 0 Å². The molecule has 0 rings (SSSR count). The third-order valence-electron chi connectivity index (χ3n) is 0. The van der Waals surface area contributed by atoms with Gasteiger partial charge in [0.15, 0.2) is 0 Å². The number of hydrogen-bond donors (Lipinski definition) is 0. The van der Waals surface area contributed by atoms with Gasteiger partial charge in [0.05, 0.1) is 0 Å². The van der Waals surface area contributed by atoms with E-state index in [0.29, 0.717) is 6.29 Å². The van der Waals surface area contributed by atoms with E-state index < -0.39 is 0 Å². The van der Waals surface area contributed by atoms with Crippen LogP contribution in [0.25, 0.3) is 0 Å². The molecule has 0 radical (unpaired) electrons. The Bertz CT molecular complexity index is 32.8. The minimum absolute atomic E-state index is 0. The molecule has 0 fully saturated rings. The zero-order chi connectivity index (χ0) is 6.28. The predicted octanol–water partition coefficient (Wildman–Crippen LogP) is 1.26. The molecule has 2 heteroatoms. The van der Waals surface area contributed by atoms with E-state index in [1.807, 2.05) is 0 Å². The van der Waals surface area contributed by atoms with Crippen LogP contribution in [0.5, 0.6) is 0 Å². The Hall–Kier alpha value is 0.306. The molecule has 1 nitrogen and oxygen atoms in total. The molecule has 8 heavy (non-hydrogen) atoms. The Morgan fingerprint density at radius 2 is 1.38 bits per heavy atom. The molecule has 0 heterocycles. The third kappa shape index (κ3) is 1890. The van der Waals surface area contributed by atoms with Gasteiger partial charge in [0.1, 0.15) is 0 Å². The summed E-state index contributed by atoms with van der Waals surface area (Å²) in [6.45, 7) is 9.06. The average molecular weight is 124 g/mol. The van der Waals surface area contributed by atoms with Gasteiger partial charge in [-0.3, -0.25) is 0 Å². The van der Waals surface area contributed by atoms with Crippen LogP contribution in [0.15, 0.2) is 0 Å². The molecule has 0 atom stereocenters. The molecule has 44 valence electrons. The maximum absolute atomic E-state index is 8.69. The zero-order valence-corrected chi connectivity index (χ0v) is 7.31. The summed E-state index contributed by atoms with van der Waals surface area (Å²) < 4.78 is 0. The molecule has 0 aromatic heterocycles. The van der Waals surface area contributed by atoms with Crippen molar-refractivity contribution in [3.8, 4) is 0 Å². The van der Waals surface area contributed by atoms with Crippen LogP contribution in [-0.2, 0) is 4.79 Å². The molecule has 0 saturated heterocycles. The first-order valence-electron chi connectivity index (χ1n) is 2.14. The molecular weight excluding hydrogens is 112 g/mol. The predicted molar refractivity (Wildman–Crippen MR) is 37.4 cm³/mol. The summed E-state index contributed by atoms with van der Waals surface area (Å²) in [4.78, 5) is 8.69. The zero-order valence-electron chi connectivity index (χ0n) is 5.90. The van der Waals surface area contributed by atoms with Crippen molar-refractivity contribution in [2.24, 2.45) is 0 Å². The smallest absolute Gasteiger partial charge is 0.343 e. The van der Waals surface area contributed by atoms with Gasteiger partial charge in [-0.2, -0.15) is 20.8 Å². The van der Waals surface area contributed by atoms with E-state index in [1.54, 1.807) is 0 Å². The van der Waals surface area contributed by atoms with Gasteiger partial charge in [-0.05, 0) is 6.29 Å². The summed E-state index contributed by atoms with van der Waals surface area (Å²) in [5, 5.41) is 0. The first kappa shape index (κ1) is 15.7. The molecule has 0 aliphatic rings. The van der Waals surface area contributed by atoms with Crippen LogP contribution >= 0.6 is 0 Å². The average Bonchev–Trinajstić information content (AvgIpc) is 1.33. The van der Waals surface area contributed by atoms with Crippen molar-refractivity contribution in [3.05, 3.63) is 12.8 Å². The number of aldehydes is 1. The summed E-state index contributed by atoms with van der Waals surface area (Å²) in [6, 6.07) is 0. The third-order valence-corrected chi connectivity index (χ3v) is 0. The Labute approximate surface area is 68.0 Å². The fraction of sp³-hybridized carbons (Fsp3) is 0.500. The van der Waals surface area contributed by atoms with E-state index in [0.717, 1.165) is 0 Å². The summed E-state index contributed by atoms with van der Waals surface area (Å²) in [7, 11) is 0. The Kier molecular flexibility index (Phi) is 30.8. The van der Waals surface area contributed by atoms with Crippen LogP contribution < -0.4 is 0 Å². The van der Waals surface area contributed by atoms with Crippen molar-refractivity contribution in [3.63, 3.8) is 0 Å². The van der Waals surface area contributed by atoms with Crippen molar-refractivity contribution in [2.45, 2.75) is 20.8 Å². The largest absolute Gasteiger partial charge is 2.00 e. The van der Waals surface area contributed by atoms with E-state index in [4.69, 9.17) is 4.79 Å². The van der Waals surface area contributed by atoms with Crippen LogP contribution in [0, 0.1) is 12.8 Å². The number of carbonyl (C=O) groups excluding carboxylic acids is 1. The molecule has 0 aliphatic heterocycles. The molecule has 0 aliphatic carbocycles. The van der Waals surface area contributed by atoms with E-state index >= 15 is 0 Å². The van der Waals surface area contributed by atoms with Crippen molar-refractivity contribution in [2.75, 3.05) is 0 Å². The summed E-state index contributed by atoms with van der Waals surface area (Å²) in [5.41, 5.74) is 0. The first-order chi connectivity index (χ1) is 3.15. The molecule has 0 amide bonds. The van der Waals surface area contributed by atoms with Gasteiger partial charge >= 0.3 is 23.1 Å². The SMILES string of the molecule is C[C-](C)C.[CH2-]C=O.[Mg+2]. The Morgan fingerprint density at radius 1 is 1.38 bits per heavy atom. The maximum Gasteiger partial charge on any atom is 2.00 e. The molecule has 0 aromatic rings. The van der Waals surface area contributed by atoms with Gasteiger partial charge in [0.2, 0.25) is 0 Å². The molecular formula is C6H12MgO. The Balaban J connectivity index is -0.0000000575. The Morgan fingerprint density at radius 3 is 1.38 bits per heavy atom. The van der Waals surface area contributed by atoms with Crippen molar-refractivity contribution < 1.29 is 4.79 Å². The van der Waals surface area contributed by atoms with Gasteiger partial charge in [-0.15, -0.1) is 0 Å². The number of rotatable bonds is 0. The van der Waals surface area contributed by atoms with Crippen LogP contribution in [0.1, 0.15) is 20.8 Å². The van der Waals surface area contributed by atoms with Gasteiger partial charge in [0, 0.05) is 0 Å². The van der Waals surface area contributed by atoms with Crippen LogP contribution in [-0.4, -0.2) is 29.3 Å². The topological polar surface area (TPSA) is 17.1 Å². The normalized spacial score (nSPS) is 6.00. The number of hydrogen-bond acceptors (Lipinski definition) is 1. The number of carbonyl (C=O) groups is 1. The fourth-order valence-electron chi connectivity index (χ4n) is 0. The van der Waals surface area contributed by atoms with Gasteiger partial charge in [-0.25, -0.2) is 0 Å². The minimum atomic E-state index is 0. The second kappa shape index (κ2) is 15.7. The molecule has 0 bridgehead atoms. The van der Waals surface area contributed by atoms with E-state index in [1.165, 1.54) is 5.92 Å². The van der Waals surface area contributed by atoms with Crippen molar-refractivity contribution >= 4 is 29.3 Å². The van der Waals surface area contributed by atoms with Crippen LogP contribution in [0.3, 0.4) is 0 Å². The maximum atomic E-state index is 8.69. The van der Waals surface area contributed by atoms with Crippen molar-refractivity contribution in [1.82, 2.24) is 0 Å². The second-order valence-corrected chi connectivity index (χ2v) is 1.67. The van der Waals surface area contributed by atoms with Crippen LogP contribution in [0.2, 0.25) is 0 Å². The van der Waals surface area contributed by atoms with Gasteiger partial charge in [0.25, 0.3) is 0 Å². The van der Waals surface area contributed by atoms with Gasteiger partial charge < -0.3 is 17.6 Å². The fourth-order valence-corrected chi connectivity index (χ4v) is 0. The monoisotopic (exact) mass is 124 g/mol. The summed E-state index contributed by atoms with van der Waals surface area (Å²) in [6.07, 6.45) is 0.500. The molecule has 0 N–H and O–H groups in total. The summed E-state index contributed by atoms with van der Waals surface area (Å²) in [5.74, 6) is 1.42. The standard InChI is InChI=1S/C4H9.C2H3O.Mg/c1-4(2)3;1-2-3;/h1-3H3;2H,1H2;/q2*-1;+2. The van der Waals surface area contributed by atoms with E-state index in [2.05, 4.69) is 27.7 Å². The van der Waals surface area contributed by atoms with E-state index in [-0.39, 0.29) is 23.1 Å². The quantitative estimate of drug-likeness (QED) is 0.270. The minimum Gasteiger partial charge on any atom is -0.343 e. The molecule has 0 spiro atoms. The van der Waals surface area contributed by atoms with Crippen molar-refractivity contribution in [1.29, 1.82) is 0 Å². The molecule has 0 aromatic carbocycles. The second-order valence-electron chi connectivity index (χ2n) is 1.67.